The molecule has 0 bridgehead atoms. The molecule has 4 heteroatoms. The predicted octanol–water partition coefficient (Wildman–Crippen LogP) is 2.30. The number of fused-ring (bicyclic) bond motifs is 1. The van der Waals surface area contributed by atoms with Gasteiger partial charge in [-0.2, -0.15) is 0 Å². The Morgan fingerprint density at radius 1 is 1.26 bits per heavy atom. The van der Waals surface area contributed by atoms with Crippen molar-refractivity contribution in [2.45, 2.75) is 25.3 Å². The van der Waals surface area contributed by atoms with Gasteiger partial charge in [0.05, 0.1) is 0 Å². The molecule has 1 aliphatic rings. The van der Waals surface area contributed by atoms with Crippen LogP contribution < -0.4 is 11.1 Å². The molecule has 0 saturated heterocycles. The van der Waals surface area contributed by atoms with Crippen LogP contribution in [-0.4, -0.2) is 16.9 Å². The van der Waals surface area contributed by atoms with Crippen LogP contribution in [-0.2, 0) is 4.79 Å². The smallest absolute Gasteiger partial charge is 0.227 e. The van der Waals surface area contributed by atoms with Gasteiger partial charge >= 0.3 is 0 Å². The van der Waals surface area contributed by atoms with Crippen molar-refractivity contribution < 1.29 is 4.79 Å². The minimum Gasteiger partial charge on any atom is -0.328 e. The molecule has 1 fully saturated rings. The normalized spacial score (nSPS) is 22.6. The maximum Gasteiger partial charge on any atom is 0.227 e. The molecule has 1 aromatic carbocycles. The van der Waals surface area contributed by atoms with E-state index in [9.17, 15) is 4.79 Å². The molecular weight excluding hydrogens is 238 g/mol. The zero-order valence-electron chi connectivity index (χ0n) is 10.7. The second-order valence-electron chi connectivity index (χ2n) is 5.20. The number of rotatable bonds is 2. The SMILES string of the molecule is N[C@@H]1CC[C@H](C(=O)Nc2ccc3cnccc3c2)C1. The summed E-state index contributed by atoms with van der Waals surface area (Å²) < 4.78 is 0. The number of carbonyl (C=O) groups is 1. The Kier molecular flexibility index (Phi) is 3.17. The van der Waals surface area contributed by atoms with E-state index in [1.54, 1.807) is 6.20 Å². The molecule has 1 aromatic heterocycles. The highest BCUT2D eigenvalue weighted by atomic mass is 16.1. The molecule has 1 saturated carbocycles. The van der Waals surface area contributed by atoms with Crippen LogP contribution in [0.2, 0.25) is 0 Å². The van der Waals surface area contributed by atoms with E-state index >= 15 is 0 Å². The highest BCUT2D eigenvalue weighted by Gasteiger charge is 2.27. The fourth-order valence-corrected chi connectivity index (χ4v) is 2.66. The Balaban J connectivity index is 1.76. The molecule has 19 heavy (non-hydrogen) atoms. The van der Waals surface area contributed by atoms with Gasteiger partial charge in [-0.05, 0) is 42.8 Å². The lowest BCUT2D eigenvalue weighted by Gasteiger charge is -2.11. The van der Waals surface area contributed by atoms with Crippen LogP contribution in [0.25, 0.3) is 10.8 Å². The summed E-state index contributed by atoms with van der Waals surface area (Å²) in [7, 11) is 0. The minimum atomic E-state index is 0.0585. The van der Waals surface area contributed by atoms with Gasteiger partial charge in [0.2, 0.25) is 5.91 Å². The summed E-state index contributed by atoms with van der Waals surface area (Å²) in [4.78, 5) is 16.2. The molecule has 2 atom stereocenters. The zero-order valence-corrected chi connectivity index (χ0v) is 10.7. The number of nitrogens with two attached hydrogens (primary N) is 1. The van der Waals surface area contributed by atoms with Gasteiger partial charge in [-0.25, -0.2) is 0 Å². The highest BCUT2D eigenvalue weighted by Crippen LogP contribution is 2.26. The van der Waals surface area contributed by atoms with Gasteiger partial charge in [0.15, 0.2) is 0 Å². The third-order valence-electron chi connectivity index (χ3n) is 3.75. The Bertz CT molecular complexity index is 611. The van der Waals surface area contributed by atoms with E-state index in [2.05, 4.69) is 10.3 Å². The van der Waals surface area contributed by atoms with Crippen LogP contribution in [0.3, 0.4) is 0 Å². The van der Waals surface area contributed by atoms with Crippen molar-refractivity contribution in [3.63, 3.8) is 0 Å². The maximum absolute atomic E-state index is 12.1. The highest BCUT2D eigenvalue weighted by molar-refractivity contribution is 5.95. The Labute approximate surface area is 112 Å². The van der Waals surface area contributed by atoms with Crippen LogP contribution >= 0.6 is 0 Å². The summed E-state index contributed by atoms with van der Waals surface area (Å²) in [6, 6.07) is 7.98. The first-order valence-electron chi connectivity index (χ1n) is 6.62. The number of amides is 1. The molecule has 3 rings (SSSR count). The van der Waals surface area contributed by atoms with Crippen molar-refractivity contribution in [2.24, 2.45) is 11.7 Å². The Morgan fingerprint density at radius 3 is 2.95 bits per heavy atom. The van der Waals surface area contributed by atoms with Crippen LogP contribution in [0, 0.1) is 5.92 Å². The van der Waals surface area contributed by atoms with Crippen molar-refractivity contribution in [3.05, 3.63) is 36.7 Å². The monoisotopic (exact) mass is 255 g/mol. The lowest BCUT2D eigenvalue weighted by atomic mass is 10.1. The average molecular weight is 255 g/mol. The van der Waals surface area contributed by atoms with E-state index in [0.717, 1.165) is 35.7 Å². The molecule has 1 heterocycles. The fraction of sp³-hybridized carbons (Fsp3) is 0.333. The van der Waals surface area contributed by atoms with Crippen molar-refractivity contribution >= 4 is 22.4 Å². The molecule has 4 nitrogen and oxygen atoms in total. The van der Waals surface area contributed by atoms with Gasteiger partial charge in [0.25, 0.3) is 0 Å². The minimum absolute atomic E-state index is 0.0585. The number of anilines is 1. The number of hydrogen-bond acceptors (Lipinski definition) is 3. The maximum atomic E-state index is 12.1. The van der Waals surface area contributed by atoms with Gasteiger partial charge in [-0.1, -0.05) is 6.07 Å². The lowest BCUT2D eigenvalue weighted by Crippen LogP contribution is -2.23. The quantitative estimate of drug-likeness (QED) is 0.865. The fourth-order valence-electron chi connectivity index (χ4n) is 2.66. The van der Waals surface area contributed by atoms with Crippen LogP contribution in [0.1, 0.15) is 19.3 Å². The van der Waals surface area contributed by atoms with Gasteiger partial charge in [0, 0.05) is 35.4 Å². The first-order valence-corrected chi connectivity index (χ1v) is 6.62. The summed E-state index contributed by atoms with van der Waals surface area (Å²) in [5.74, 6) is 0.143. The number of benzene rings is 1. The third-order valence-corrected chi connectivity index (χ3v) is 3.75. The van der Waals surface area contributed by atoms with Gasteiger partial charge in [-0.3, -0.25) is 9.78 Å². The number of hydrogen-bond donors (Lipinski definition) is 2. The van der Waals surface area contributed by atoms with Crippen LogP contribution in [0.4, 0.5) is 5.69 Å². The Morgan fingerprint density at radius 2 is 2.16 bits per heavy atom. The molecule has 3 N–H and O–H groups in total. The molecule has 0 radical (unpaired) electrons. The van der Waals surface area contributed by atoms with Crippen molar-refractivity contribution in [2.75, 3.05) is 5.32 Å². The largest absolute Gasteiger partial charge is 0.328 e. The summed E-state index contributed by atoms with van der Waals surface area (Å²) >= 11 is 0. The van der Waals surface area contributed by atoms with Gasteiger partial charge in [-0.15, -0.1) is 0 Å². The number of nitrogens with zero attached hydrogens (tertiary/aromatic N) is 1. The molecule has 1 amide bonds. The number of pyridine rings is 1. The molecule has 0 aliphatic heterocycles. The van der Waals surface area contributed by atoms with Gasteiger partial charge < -0.3 is 11.1 Å². The second-order valence-corrected chi connectivity index (χ2v) is 5.20. The van der Waals surface area contributed by atoms with Crippen molar-refractivity contribution in [1.29, 1.82) is 0 Å². The van der Waals surface area contributed by atoms with E-state index in [4.69, 9.17) is 5.73 Å². The summed E-state index contributed by atoms with van der Waals surface area (Å²) in [6.45, 7) is 0. The third kappa shape index (κ3) is 2.58. The average Bonchev–Trinajstić information content (AvgIpc) is 2.85. The topological polar surface area (TPSA) is 68.0 Å². The molecule has 0 unspecified atom stereocenters. The number of nitrogens with one attached hydrogen (secondary N) is 1. The van der Waals surface area contributed by atoms with Gasteiger partial charge in [0.1, 0.15) is 0 Å². The first-order chi connectivity index (χ1) is 9.22. The van der Waals surface area contributed by atoms with E-state index in [0.29, 0.717) is 0 Å². The molecule has 0 spiro atoms. The van der Waals surface area contributed by atoms with Crippen LogP contribution in [0.15, 0.2) is 36.7 Å². The molecular formula is C15H17N3O. The Hall–Kier alpha value is -1.94. The summed E-state index contributed by atoms with van der Waals surface area (Å²) in [6.07, 6.45) is 6.20. The number of aromatic nitrogens is 1. The zero-order chi connectivity index (χ0) is 13.2. The van der Waals surface area contributed by atoms with E-state index in [1.165, 1.54) is 0 Å². The molecule has 2 aromatic rings. The van der Waals surface area contributed by atoms with Crippen molar-refractivity contribution in [3.8, 4) is 0 Å². The predicted molar refractivity (Wildman–Crippen MR) is 75.7 cm³/mol. The lowest BCUT2D eigenvalue weighted by molar-refractivity contribution is -0.119. The molecule has 1 aliphatic carbocycles. The summed E-state index contributed by atoms with van der Waals surface area (Å²) in [5.41, 5.74) is 6.68. The molecule has 98 valence electrons. The number of carbonyl (C=O) groups excluding carboxylic acids is 1. The second kappa shape index (κ2) is 4.97. The van der Waals surface area contributed by atoms with Crippen LogP contribution in [0.5, 0.6) is 0 Å². The van der Waals surface area contributed by atoms with E-state index < -0.39 is 0 Å². The standard InChI is InChI=1S/C15H17N3O/c16-13-3-1-11(7-13)15(19)18-14-4-2-12-9-17-6-5-10(12)8-14/h2,4-6,8-9,11,13H,1,3,7,16H2,(H,18,19)/t11-,13+/m0/s1. The summed E-state index contributed by atoms with van der Waals surface area (Å²) in [5, 5.41) is 5.13. The first kappa shape index (κ1) is 12.1. The van der Waals surface area contributed by atoms with E-state index in [1.807, 2.05) is 30.5 Å². The van der Waals surface area contributed by atoms with E-state index in [-0.39, 0.29) is 17.9 Å². The van der Waals surface area contributed by atoms with Crippen molar-refractivity contribution in [1.82, 2.24) is 4.98 Å².